The molecule has 2 fully saturated rings. The maximum absolute atomic E-state index is 13.0. The predicted octanol–water partition coefficient (Wildman–Crippen LogP) is 0.937. The molecule has 4 rings (SSSR count). The van der Waals surface area contributed by atoms with E-state index in [4.69, 9.17) is 13.3 Å². The zero-order valence-corrected chi connectivity index (χ0v) is 17.7. The predicted molar refractivity (Wildman–Crippen MR) is 108 cm³/mol. The first-order valence-corrected chi connectivity index (χ1v) is 11.4. The van der Waals surface area contributed by atoms with Gasteiger partial charge in [-0.1, -0.05) is 0 Å². The molecule has 11 nitrogen and oxygen atoms in total. The van der Waals surface area contributed by atoms with Gasteiger partial charge < -0.3 is 19.6 Å². The van der Waals surface area contributed by atoms with Crippen LogP contribution in [0.5, 0.6) is 0 Å². The Balaban J connectivity index is 1.47. The lowest BCUT2D eigenvalue weighted by Crippen LogP contribution is -2.31. The van der Waals surface area contributed by atoms with Crippen molar-refractivity contribution in [2.45, 2.75) is 50.0 Å². The third-order valence-electron chi connectivity index (χ3n) is 5.41. The van der Waals surface area contributed by atoms with Gasteiger partial charge in [0.25, 0.3) is 0 Å². The first-order valence-electron chi connectivity index (χ1n) is 9.97. The molecular formula is C19H24N4O7S. The van der Waals surface area contributed by atoms with E-state index in [-0.39, 0.29) is 42.1 Å². The number of furan rings is 1. The Kier molecular flexibility index (Phi) is 6.34. The van der Waals surface area contributed by atoms with E-state index >= 15 is 0 Å². The average molecular weight is 452 g/mol. The molecule has 1 saturated carbocycles. The summed E-state index contributed by atoms with van der Waals surface area (Å²) in [5.74, 6) is 0.0250. The molecule has 1 saturated heterocycles. The van der Waals surface area contributed by atoms with Crippen LogP contribution in [0.1, 0.15) is 53.5 Å². The highest BCUT2D eigenvalue weighted by molar-refractivity contribution is 7.84. The zero-order valence-electron chi connectivity index (χ0n) is 16.9. The van der Waals surface area contributed by atoms with Crippen LogP contribution in [0.3, 0.4) is 0 Å². The molecule has 1 aliphatic heterocycles. The highest BCUT2D eigenvalue weighted by Crippen LogP contribution is 2.31. The van der Waals surface area contributed by atoms with Crippen LogP contribution in [0.15, 0.2) is 29.3 Å². The highest BCUT2D eigenvalue weighted by Gasteiger charge is 2.37. The molecular weight excluding hydrogens is 428 g/mol. The van der Waals surface area contributed by atoms with Crippen molar-refractivity contribution >= 4 is 21.9 Å². The number of rotatable bonds is 8. The molecule has 3 N–H and O–H groups in total. The quantitative estimate of drug-likeness (QED) is 0.493. The van der Waals surface area contributed by atoms with Crippen LogP contribution in [0.25, 0.3) is 0 Å². The summed E-state index contributed by atoms with van der Waals surface area (Å²) >= 11 is 0. The van der Waals surface area contributed by atoms with Gasteiger partial charge in [-0.05, 0) is 31.7 Å². The Morgan fingerprint density at radius 1 is 1.35 bits per heavy atom. The number of aromatic nitrogens is 2. The molecule has 12 heteroatoms. The van der Waals surface area contributed by atoms with Gasteiger partial charge in [-0.15, -0.1) is 0 Å². The van der Waals surface area contributed by atoms with Crippen LogP contribution in [-0.4, -0.2) is 61.2 Å². The maximum atomic E-state index is 13.0. The van der Waals surface area contributed by atoms with E-state index in [1.807, 2.05) is 0 Å². The lowest BCUT2D eigenvalue weighted by Gasteiger charge is -2.15. The molecule has 0 spiro atoms. The van der Waals surface area contributed by atoms with Gasteiger partial charge in [0.2, 0.25) is 5.78 Å². The monoisotopic (exact) mass is 452 g/mol. The van der Waals surface area contributed by atoms with E-state index in [1.165, 1.54) is 25.8 Å². The van der Waals surface area contributed by atoms with Crippen molar-refractivity contribution < 1.29 is 31.7 Å². The van der Waals surface area contributed by atoms with E-state index in [2.05, 4.69) is 20.0 Å². The van der Waals surface area contributed by atoms with Gasteiger partial charge in [0.05, 0.1) is 24.0 Å². The number of hydrogen-bond donors (Lipinski definition) is 3. The van der Waals surface area contributed by atoms with Crippen molar-refractivity contribution in [1.29, 1.82) is 0 Å². The Bertz CT molecular complexity index is 1040. The minimum Gasteiger partial charge on any atom is -0.460 e. The summed E-state index contributed by atoms with van der Waals surface area (Å²) < 4.78 is 41.3. The van der Waals surface area contributed by atoms with E-state index in [0.717, 1.165) is 18.4 Å². The smallest absolute Gasteiger partial charge is 0.335 e. The highest BCUT2D eigenvalue weighted by atomic mass is 32.2. The number of hydrogen-bond acceptors (Lipinski definition) is 10. The first-order chi connectivity index (χ1) is 14.9. The second kappa shape index (κ2) is 9.01. The second-order valence-electron chi connectivity index (χ2n) is 7.53. The molecule has 0 aromatic carbocycles. The normalized spacial score (nSPS) is 26.3. The molecule has 0 bridgehead atoms. The maximum Gasteiger partial charge on any atom is 0.335 e. The van der Waals surface area contributed by atoms with Crippen LogP contribution < -0.4 is 10.0 Å². The molecule has 3 heterocycles. The summed E-state index contributed by atoms with van der Waals surface area (Å²) in [5.41, 5.74) is 1.02. The van der Waals surface area contributed by atoms with E-state index < -0.39 is 28.3 Å². The topological polar surface area (TPSA) is 153 Å². The molecule has 2 aliphatic rings. The van der Waals surface area contributed by atoms with Crippen molar-refractivity contribution in [2.24, 2.45) is 0 Å². The van der Waals surface area contributed by atoms with Crippen LogP contribution >= 0.6 is 0 Å². The van der Waals surface area contributed by atoms with Gasteiger partial charge in [0, 0.05) is 31.5 Å². The fourth-order valence-corrected chi connectivity index (χ4v) is 4.45. The third-order valence-corrected chi connectivity index (χ3v) is 6.42. The molecule has 2 aromatic heterocycles. The standard InChI is InChI=1S/C19H24N4O7S/c1-20-31(26,27)30-16-7-12(6-14(16)24)23-19-13(8-21-10-22-19)18(25)17-5-11(9-29-17)15-3-2-4-28-15/h5,8-10,12,14-16,20,24H,2-4,6-7H2,1H3,(H,21,22,23)/t12-,14+,15-,16-/m1/s1. The average Bonchev–Trinajstić information content (AvgIpc) is 3.49. The summed E-state index contributed by atoms with van der Waals surface area (Å²) in [6, 6.07) is 1.31. The van der Waals surface area contributed by atoms with Gasteiger partial charge >= 0.3 is 10.3 Å². The van der Waals surface area contributed by atoms with E-state index in [0.29, 0.717) is 6.61 Å². The minimum atomic E-state index is -3.93. The van der Waals surface area contributed by atoms with Crippen molar-refractivity contribution in [3.05, 3.63) is 41.7 Å². The van der Waals surface area contributed by atoms with Crippen LogP contribution in [0.2, 0.25) is 0 Å². The number of ether oxygens (including phenoxy) is 1. The van der Waals surface area contributed by atoms with Gasteiger partial charge in [-0.2, -0.15) is 13.1 Å². The molecule has 31 heavy (non-hydrogen) atoms. The van der Waals surface area contributed by atoms with Crippen LogP contribution in [0, 0.1) is 0 Å². The third kappa shape index (κ3) is 4.93. The summed E-state index contributed by atoms with van der Waals surface area (Å²) in [4.78, 5) is 21.1. The molecule has 1 aliphatic carbocycles. The summed E-state index contributed by atoms with van der Waals surface area (Å²) in [5, 5.41) is 13.3. The number of aliphatic hydroxyl groups is 1. The molecule has 0 radical (unpaired) electrons. The number of nitrogens with zero attached hydrogens (tertiary/aromatic N) is 2. The van der Waals surface area contributed by atoms with Crippen molar-refractivity contribution in [3.8, 4) is 0 Å². The van der Waals surface area contributed by atoms with Gasteiger partial charge in [0.15, 0.2) is 5.76 Å². The van der Waals surface area contributed by atoms with Crippen LogP contribution in [-0.2, 0) is 19.2 Å². The van der Waals surface area contributed by atoms with Gasteiger partial charge in [-0.3, -0.25) is 8.98 Å². The number of ketones is 1. The summed E-state index contributed by atoms with van der Waals surface area (Å²) in [6.45, 7) is 0.688. The second-order valence-corrected chi connectivity index (χ2v) is 9.04. The minimum absolute atomic E-state index is 0.0688. The van der Waals surface area contributed by atoms with Crippen molar-refractivity contribution in [3.63, 3.8) is 0 Å². The SMILES string of the molecule is CNS(=O)(=O)O[C@@H]1C[C@H](Nc2ncncc2C(=O)c2cc([C@H]3CCCO3)co2)C[C@@H]1O. The largest absolute Gasteiger partial charge is 0.460 e. The fraction of sp³-hybridized carbons (Fsp3) is 0.526. The number of anilines is 1. The Morgan fingerprint density at radius 3 is 2.94 bits per heavy atom. The number of aliphatic hydroxyl groups excluding tert-OH is 1. The van der Waals surface area contributed by atoms with Gasteiger partial charge in [-0.25, -0.2) is 9.97 Å². The fourth-order valence-electron chi connectivity index (χ4n) is 3.83. The summed E-state index contributed by atoms with van der Waals surface area (Å²) in [6.07, 6.45) is 4.53. The van der Waals surface area contributed by atoms with Crippen molar-refractivity contribution in [2.75, 3.05) is 19.0 Å². The Hall–Kier alpha value is -2.38. The zero-order chi connectivity index (χ0) is 22.0. The first kappa shape index (κ1) is 21.8. The molecule has 2 aromatic rings. The lowest BCUT2D eigenvalue weighted by atomic mass is 10.1. The van der Waals surface area contributed by atoms with Crippen molar-refractivity contribution in [1.82, 2.24) is 14.7 Å². The lowest BCUT2D eigenvalue weighted by molar-refractivity contribution is 0.0636. The molecule has 168 valence electrons. The van der Waals surface area contributed by atoms with Crippen LogP contribution in [0.4, 0.5) is 5.82 Å². The number of nitrogens with one attached hydrogen (secondary N) is 2. The summed E-state index contributed by atoms with van der Waals surface area (Å²) in [7, 11) is -2.71. The molecule has 4 atom stereocenters. The van der Waals surface area contributed by atoms with E-state index in [9.17, 15) is 18.3 Å². The number of carbonyl (C=O) groups excluding carboxylic acids is 1. The van der Waals surface area contributed by atoms with E-state index in [1.54, 1.807) is 6.07 Å². The Labute approximate surface area is 179 Å². The Morgan fingerprint density at radius 2 is 2.19 bits per heavy atom. The molecule has 0 amide bonds. The van der Waals surface area contributed by atoms with Gasteiger partial charge in [0.1, 0.15) is 18.2 Å². The molecule has 0 unspecified atom stereocenters. The number of carbonyl (C=O) groups is 1.